The maximum absolute atomic E-state index is 10.7. The van der Waals surface area contributed by atoms with Crippen LogP contribution in [0.3, 0.4) is 0 Å². The van der Waals surface area contributed by atoms with Crippen molar-refractivity contribution < 1.29 is 52.3 Å². The summed E-state index contributed by atoms with van der Waals surface area (Å²) in [5, 5.41) is 8.72. The molecule has 1 saturated carbocycles. The third kappa shape index (κ3) is 19.5. The second kappa shape index (κ2) is 22.0. The minimum atomic E-state index is -6.09. The number of aliphatic imine (C=N–C) groups is 1. The van der Waals surface area contributed by atoms with Crippen molar-refractivity contribution in [3.8, 4) is 0 Å². The number of rotatable bonds is 8. The Morgan fingerprint density at radius 1 is 0.840 bits per heavy atom. The molecule has 0 bridgehead atoms. The maximum atomic E-state index is 10.7. The third-order valence-corrected chi connectivity index (χ3v) is 19.1. The van der Waals surface area contributed by atoms with Gasteiger partial charge in [0.25, 0.3) is 0 Å². The van der Waals surface area contributed by atoms with Crippen molar-refractivity contribution in [2.45, 2.75) is 134 Å². The van der Waals surface area contributed by atoms with E-state index in [2.05, 4.69) is 102 Å². The van der Waals surface area contributed by atoms with Gasteiger partial charge >= 0.3 is 31.7 Å². The Kier molecular flexibility index (Phi) is 22.3. The molecule has 0 spiro atoms. The molecule has 1 aliphatic rings. The Morgan fingerprint density at radius 3 is 1.54 bits per heavy atom. The van der Waals surface area contributed by atoms with Crippen LogP contribution in [0.1, 0.15) is 86.3 Å². The molecule has 1 fully saturated rings. The Labute approximate surface area is 321 Å². The van der Waals surface area contributed by atoms with Crippen LogP contribution >= 0.6 is 0 Å². The van der Waals surface area contributed by atoms with Crippen molar-refractivity contribution in [3.05, 3.63) is 76.1 Å². The molecule has 0 saturated heterocycles. The van der Waals surface area contributed by atoms with Gasteiger partial charge in [-0.25, -0.2) is 8.42 Å². The zero-order valence-electron chi connectivity index (χ0n) is 31.7. The SMILES string of the molecule is CC(C[N-][Si](C)(C)C(C)(C)C)(C[N-][Si](C)(C)C(C)(C)C)c1ccccn1.O=S(=O)([O-])C(F)(F)F.[N-]=C=NC1CCCCC1.[Zr+4].c1ccncc1. The molecule has 1 aliphatic carbocycles. The molecule has 0 aromatic carbocycles. The van der Waals surface area contributed by atoms with Crippen LogP contribution in [-0.4, -0.2) is 70.1 Å². The van der Waals surface area contributed by atoms with Gasteiger partial charge in [-0.15, -0.1) is 13.1 Å². The molecule has 0 atom stereocenters. The van der Waals surface area contributed by atoms with Crippen LogP contribution in [-0.2, 0) is 41.7 Å². The van der Waals surface area contributed by atoms with Crippen molar-refractivity contribution in [2.24, 2.45) is 4.99 Å². The Hall–Kier alpha value is -1.38. The van der Waals surface area contributed by atoms with Crippen LogP contribution in [0.4, 0.5) is 13.2 Å². The number of pyridine rings is 2. The van der Waals surface area contributed by atoms with Crippen molar-refractivity contribution in [1.29, 1.82) is 0 Å². The number of alkyl halides is 3. The first-order valence-electron chi connectivity index (χ1n) is 16.4. The molecule has 2 aromatic rings. The molecule has 50 heavy (non-hydrogen) atoms. The fraction of sp³-hybridized carbons (Fsp3) is 0.676. The average Bonchev–Trinajstić information content (AvgIpc) is 3.00. The number of nitrogens with zero attached hydrogens (tertiary/aromatic N) is 6. The van der Waals surface area contributed by atoms with E-state index in [1.165, 1.54) is 19.3 Å². The fourth-order valence-corrected chi connectivity index (χ4v) is 6.19. The van der Waals surface area contributed by atoms with E-state index in [1.54, 1.807) is 12.4 Å². The Balaban J connectivity index is 0. The summed E-state index contributed by atoms with van der Waals surface area (Å²) in [5.41, 5.74) is -4.66. The maximum Gasteiger partial charge on any atom is 4.00 e. The number of halogens is 3. The quantitative estimate of drug-likeness (QED) is 0.112. The first-order valence-corrected chi connectivity index (χ1v) is 23.8. The molecule has 0 aliphatic heterocycles. The van der Waals surface area contributed by atoms with Crippen LogP contribution in [0, 0.1) is 0 Å². The standard InChI is InChI=1S/C21H41N3Si2.C7H11N2.C5H5N.CHF3O3S.Zr/c1-19(2,3)25(8,9)23-16-21(7,18-14-12-13-15-22-18)17-24-26(10,11)20(4,5)6;8-6-9-7-4-2-1-3-5-7;1-2-4-6-5-3-1;2-1(3,4)8(5,6)7;/h12-15H,16-17H2,1-11H3;7H,1-5H2;1-5H;(H,5,6,7);/q-2;-1;;;+4/p-1. The second-order valence-corrected chi connectivity index (χ2v) is 26.7. The van der Waals surface area contributed by atoms with Crippen molar-refractivity contribution in [2.75, 3.05) is 13.1 Å². The molecule has 2 aromatic heterocycles. The summed E-state index contributed by atoms with van der Waals surface area (Å²) >= 11 is 0. The van der Waals surface area contributed by atoms with Gasteiger partial charge in [0.2, 0.25) is 0 Å². The van der Waals surface area contributed by atoms with Gasteiger partial charge in [-0.2, -0.15) is 19.2 Å². The van der Waals surface area contributed by atoms with E-state index in [1.807, 2.05) is 36.5 Å². The van der Waals surface area contributed by atoms with Crippen LogP contribution in [0.25, 0.3) is 15.4 Å². The molecule has 3 rings (SSSR count). The van der Waals surface area contributed by atoms with Gasteiger partial charge in [0.1, 0.15) is 0 Å². The molecular formula is C34H57F3N6O3SSi2Zr. The normalized spacial score (nSPS) is 14.5. The second-order valence-electron chi connectivity index (χ2n) is 15.5. The van der Waals surface area contributed by atoms with Gasteiger partial charge < -0.3 is 24.9 Å². The first kappa shape index (κ1) is 50.7. The van der Waals surface area contributed by atoms with E-state index in [9.17, 15) is 13.2 Å². The van der Waals surface area contributed by atoms with Crippen molar-refractivity contribution in [3.63, 3.8) is 0 Å². The summed E-state index contributed by atoms with van der Waals surface area (Å²) in [6.45, 7) is 27.3. The number of aromatic nitrogens is 2. The summed E-state index contributed by atoms with van der Waals surface area (Å²) in [7, 11) is -9.47. The topological polar surface area (TPSA) is 146 Å². The molecule has 0 amide bonds. The van der Waals surface area contributed by atoms with E-state index in [0.717, 1.165) is 31.6 Å². The molecule has 280 valence electrons. The molecule has 9 nitrogen and oxygen atoms in total. The monoisotopic (exact) mass is 832 g/mol. The zero-order valence-corrected chi connectivity index (χ0v) is 36.9. The average molecular weight is 834 g/mol. The molecule has 2 heterocycles. The smallest absolute Gasteiger partial charge is 0.741 e. The molecular weight excluding hydrogens is 777 g/mol. The molecule has 0 N–H and O–H groups in total. The number of hydrogen-bond acceptors (Lipinski definition) is 6. The zero-order chi connectivity index (χ0) is 38.2. The van der Waals surface area contributed by atoms with E-state index >= 15 is 0 Å². The molecule has 0 radical (unpaired) electrons. The largest absolute Gasteiger partial charge is 4.00 e. The molecule has 0 unspecified atom stereocenters. The third-order valence-electron chi connectivity index (χ3n) is 9.27. The summed E-state index contributed by atoms with van der Waals surface area (Å²) in [6.07, 6.45) is 11.5. The van der Waals surface area contributed by atoms with Gasteiger partial charge in [0.05, 0.1) is 0 Å². The Morgan fingerprint density at radius 2 is 1.26 bits per heavy atom. The van der Waals surface area contributed by atoms with E-state index in [4.69, 9.17) is 28.3 Å². The van der Waals surface area contributed by atoms with Crippen LogP contribution in [0.2, 0.25) is 36.3 Å². The minimum absolute atomic E-state index is 0. The summed E-state index contributed by atoms with van der Waals surface area (Å²) in [4.78, 5) is 22.8. The Bertz CT molecular complexity index is 1310. The predicted molar refractivity (Wildman–Crippen MR) is 200 cm³/mol. The molecule has 16 heteroatoms. The van der Waals surface area contributed by atoms with Crippen molar-refractivity contribution in [1.82, 2.24) is 9.97 Å². The summed E-state index contributed by atoms with van der Waals surface area (Å²) in [6, 6.07) is 14.2. The summed E-state index contributed by atoms with van der Waals surface area (Å²) < 4.78 is 58.9. The predicted octanol–water partition coefficient (Wildman–Crippen LogP) is 10.3. The fourth-order valence-electron chi connectivity index (χ4n) is 3.75. The van der Waals surface area contributed by atoms with Crippen LogP contribution < -0.4 is 0 Å². The van der Waals surface area contributed by atoms with Gasteiger partial charge in [0, 0.05) is 24.3 Å². The van der Waals surface area contributed by atoms with E-state index in [0.29, 0.717) is 6.04 Å². The van der Waals surface area contributed by atoms with Crippen LogP contribution in [0.5, 0.6) is 0 Å². The van der Waals surface area contributed by atoms with Crippen molar-refractivity contribution >= 4 is 32.6 Å². The van der Waals surface area contributed by atoms with Gasteiger partial charge in [-0.3, -0.25) is 9.97 Å². The van der Waals surface area contributed by atoms with Crippen LogP contribution in [0.15, 0.2) is 60.0 Å². The van der Waals surface area contributed by atoms with Gasteiger partial charge in [-0.1, -0.05) is 145 Å². The van der Waals surface area contributed by atoms with Gasteiger partial charge in [-0.05, 0) is 35.7 Å². The minimum Gasteiger partial charge on any atom is -0.741 e. The summed E-state index contributed by atoms with van der Waals surface area (Å²) in [5.74, 6) is 0. The van der Waals surface area contributed by atoms with E-state index < -0.39 is 32.1 Å². The van der Waals surface area contributed by atoms with E-state index in [-0.39, 0.29) is 41.7 Å². The van der Waals surface area contributed by atoms with Gasteiger partial charge in [0.15, 0.2) is 10.1 Å². The first-order chi connectivity index (χ1) is 22.2. The number of hydrogen-bond donors (Lipinski definition) is 0.